The van der Waals surface area contributed by atoms with Gasteiger partial charge in [0.1, 0.15) is 5.82 Å². The minimum Gasteiger partial charge on any atom is -0.383 e. The van der Waals surface area contributed by atoms with Crippen LogP contribution in [0.2, 0.25) is 0 Å². The third kappa shape index (κ3) is 3.32. The second kappa shape index (κ2) is 5.69. The van der Waals surface area contributed by atoms with Crippen LogP contribution < -0.4 is 5.73 Å². The Morgan fingerprint density at radius 3 is 2.70 bits per heavy atom. The summed E-state index contributed by atoms with van der Waals surface area (Å²) in [4.78, 5) is 14.6. The first-order chi connectivity index (χ1) is 9.45. The molecule has 2 N–H and O–H groups in total. The van der Waals surface area contributed by atoms with Crippen molar-refractivity contribution in [2.24, 2.45) is 5.92 Å². The first kappa shape index (κ1) is 14.0. The quantitative estimate of drug-likeness (QED) is 0.682. The molecule has 0 fully saturated rings. The first-order valence-electron chi connectivity index (χ1n) is 6.47. The minimum absolute atomic E-state index is 0.0400. The molecule has 2 rings (SSSR count). The third-order valence-electron chi connectivity index (χ3n) is 2.91. The van der Waals surface area contributed by atoms with Gasteiger partial charge in [0, 0.05) is 11.6 Å². The number of rotatable bonds is 4. The van der Waals surface area contributed by atoms with Gasteiger partial charge < -0.3 is 5.73 Å². The number of nitrogens with two attached hydrogens (primary N) is 1. The highest BCUT2D eigenvalue weighted by atomic mass is 16.6. The van der Waals surface area contributed by atoms with Crippen LogP contribution in [0.3, 0.4) is 0 Å². The Kier molecular flexibility index (Phi) is 3.98. The molecule has 0 aliphatic heterocycles. The summed E-state index contributed by atoms with van der Waals surface area (Å²) in [5.74, 6) is 0.705. The standard InChI is InChI=1S/C15H17N3O2/c1-10(2)6-11-4-3-5-12(7-11)14-8-13(18(19)20)9-15(16)17-14/h3-5,7-10H,6H2,1-2H3,(H2,16,17). The lowest BCUT2D eigenvalue weighted by Crippen LogP contribution is -1.98. The van der Waals surface area contributed by atoms with Crippen LogP contribution in [-0.2, 0) is 6.42 Å². The zero-order chi connectivity index (χ0) is 14.7. The number of hydrogen-bond donors (Lipinski definition) is 1. The van der Waals surface area contributed by atoms with Gasteiger partial charge in [-0.05, 0) is 24.0 Å². The van der Waals surface area contributed by atoms with Crippen LogP contribution in [0.15, 0.2) is 36.4 Å². The molecule has 5 nitrogen and oxygen atoms in total. The van der Waals surface area contributed by atoms with Crippen LogP contribution in [0.1, 0.15) is 19.4 Å². The Bertz CT molecular complexity index is 639. The maximum atomic E-state index is 10.9. The number of nitro groups is 1. The Morgan fingerprint density at radius 1 is 1.30 bits per heavy atom. The van der Waals surface area contributed by atoms with E-state index in [9.17, 15) is 10.1 Å². The zero-order valence-corrected chi connectivity index (χ0v) is 11.5. The van der Waals surface area contributed by atoms with E-state index in [-0.39, 0.29) is 11.5 Å². The van der Waals surface area contributed by atoms with Crippen molar-refractivity contribution in [3.05, 3.63) is 52.1 Å². The van der Waals surface area contributed by atoms with Gasteiger partial charge in [0.25, 0.3) is 5.69 Å². The summed E-state index contributed by atoms with van der Waals surface area (Å²) in [6, 6.07) is 10.6. The smallest absolute Gasteiger partial charge is 0.275 e. The number of nitrogens with zero attached hydrogens (tertiary/aromatic N) is 2. The predicted octanol–water partition coefficient (Wildman–Crippen LogP) is 3.44. The van der Waals surface area contributed by atoms with E-state index in [0.29, 0.717) is 11.6 Å². The van der Waals surface area contributed by atoms with Crippen LogP contribution in [0, 0.1) is 16.0 Å². The summed E-state index contributed by atoms with van der Waals surface area (Å²) in [5.41, 5.74) is 8.16. The van der Waals surface area contributed by atoms with Crippen LogP contribution in [0.25, 0.3) is 11.3 Å². The molecular formula is C15H17N3O2. The fourth-order valence-electron chi connectivity index (χ4n) is 2.12. The van der Waals surface area contributed by atoms with Crippen LogP contribution >= 0.6 is 0 Å². The zero-order valence-electron chi connectivity index (χ0n) is 11.5. The van der Waals surface area contributed by atoms with Crippen molar-refractivity contribution in [3.63, 3.8) is 0 Å². The van der Waals surface area contributed by atoms with Gasteiger partial charge in [-0.25, -0.2) is 4.98 Å². The summed E-state index contributed by atoms with van der Waals surface area (Å²) < 4.78 is 0. The molecule has 0 unspecified atom stereocenters. The van der Waals surface area contributed by atoms with Crippen LogP contribution in [0.4, 0.5) is 11.5 Å². The molecule has 0 amide bonds. The number of nitrogen functional groups attached to an aromatic ring is 1. The lowest BCUT2D eigenvalue weighted by atomic mass is 10.00. The van der Waals surface area contributed by atoms with Gasteiger partial charge in [-0.3, -0.25) is 10.1 Å². The second-order valence-corrected chi connectivity index (χ2v) is 5.19. The highest BCUT2D eigenvalue weighted by molar-refractivity contribution is 5.65. The maximum absolute atomic E-state index is 10.9. The lowest BCUT2D eigenvalue weighted by Gasteiger charge is -2.08. The molecule has 0 spiro atoms. The Balaban J connectivity index is 2.43. The molecule has 0 bridgehead atoms. The average Bonchev–Trinajstić information content (AvgIpc) is 2.37. The Morgan fingerprint density at radius 2 is 2.05 bits per heavy atom. The van der Waals surface area contributed by atoms with Crippen molar-refractivity contribution in [3.8, 4) is 11.3 Å². The van der Waals surface area contributed by atoms with E-state index in [1.54, 1.807) is 0 Å². The van der Waals surface area contributed by atoms with Gasteiger partial charge >= 0.3 is 0 Å². The van der Waals surface area contributed by atoms with Crippen LogP contribution in [0.5, 0.6) is 0 Å². The van der Waals surface area contributed by atoms with E-state index in [2.05, 4.69) is 18.8 Å². The number of pyridine rings is 1. The maximum Gasteiger partial charge on any atom is 0.275 e. The number of aromatic nitrogens is 1. The molecule has 1 aromatic heterocycles. The van der Waals surface area contributed by atoms with Gasteiger partial charge in [-0.1, -0.05) is 32.0 Å². The molecule has 1 heterocycles. The first-order valence-corrected chi connectivity index (χ1v) is 6.47. The molecule has 1 aromatic carbocycles. The van der Waals surface area contributed by atoms with Crippen molar-refractivity contribution < 1.29 is 4.92 Å². The van der Waals surface area contributed by atoms with Gasteiger partial charge in [-0.2, -0.15) is 0 Å². The molecule has 0 aliphatic rings. The van der Waals surface area contributed by atoms with E-state index >= 15 is 0 Å². The fraction of sp³-hybridized carbons (Fsp3) is 0.267. The second-order valence-electron chi connectivity index (χ2n) is 5.19. The molecule has 0 saturated heterocycles. The van der Waals surface area contributed by atoms with E-state index in [1.807, 2.05) is 24.3 Å². The number of hydrogen-bond acceptors (Lipinski definition) is 4. The lowest BCUT2D eigenvalue weighted by molar-refractivity contribution is -0.384. The third-order valence-corrected chi connectivity index (χ3v) is 2.91. The molecule has 104 valence electrons. The van der Waals surface area contributed by atoms with Crippen molar-refractivity contribution >= 4 is 11.5 Å². The SMILES string of the molecule is CC(C)Cc1cccc(-c2cc([N+](=O)[O-])cc(N)n2)c1. The fourth-order valence-corrected chi connectivity index (χ4v) is 2.12. The topological polar surface area (TPSA) is 82.0 Å². The molecule has 20 heavy (non-hydrogen) atoms. The summed E-state index contributed by atoms with van der Waals surface area (Å²) in [6.07, 6.45) is 0.957. The number of anilines is 1. The highest BCUT2D eigenvalue weighted by Crippen LogP contribution is 2.25. The summed E-state index contributed by atoms with van der Waals surface area (Å²) in [6.45, 7) is 4.30. The van der Waals surface area contributed by atoms with E-state index < -0.39 is 4.92 Å². The Labute approximate surface area is 117 Å². The Hall–Kier alpha value is -2.43. The molecule has 0 saturated carbocycles. The van der Waals surface area contributed by atoms with E-state index in [1.165, 1.54) is 17.7 Å². The van der Waals surface area contributed by atoms with Gasteiger partial charge in [0.15, 0.2) is 0 Å². The minimum atomic E-state index is -0.459. The van der Waals surface area contributed by atoms with Crippen LogP contribution in [-0.4, -0.2) is 9.91 Å². The van der Waals surface area contributed by atoms with Gasteiger partial charge in [-0.15, -0.1) is 0 Å². The molecule has 0 aliphatic carbocycles. The van der Waals surface area contributed by atoms with E-state index in [0.717, 1.165) is 12.0 Å². The van der Waals surface area contributed by atoms with Gasteiger partial charge in [0.2, 0.25) is 0 Å². The molecule has 2 aromatic rings. The summed E-state index contributed by atoms with van der Waals surface area (Å²) in [7, 11) is 0. The average molecular weight is 271 g/mol. The van der Waals surface area contributed by atoms with Gasteiger partial charge in [0.05, 0.1) is 16.7 Å². The summed E-state index contributed by atoms with van der Waals surface area (Å²) in [5, 5.41) is 10.9. The molecule has 5 heteroatoms. The summed E-state index contributed by atoms with van der Waals surface area (Å²) >= 11 is 0. The van der Waals surface area contributed by atoms with Crippen molar-refractivity contribution in [1.82, 2.24) is 4.98 Å². The monoisotopic (exact) mass is 271 g/mol. The number of benzene rings is 1. The van der Waals surface area contributed by atoms with E-state index in [4.69, 9.17) is 5.73 Å². The highest BCUT2D eigenvalue weighted by Gasteiger charge is 2.11. The molecule has 0 radical (unpaired) electrons. The largest absolute Gasteiger partial charge is 0.383 e. The van der Waals surface area contributed by atoms with Crippen molar-refractivity contribution in [2.75, 3.05) is 5.73 Å². The molecular weight excluding hydrogens is 254 g/mol. The normalized spacial score (nSPS) is 10.8. The van der Waals surface area contributed by atoms with Crippen molar-refractivity contribution in [1.29, 1.82) is 0 Å². The predicted molar refractivity (Wildman–Crippen MR) is 79.3 cm³/mol. The van der Waals surface area contributed by atoms with Crippen molar-refractivity contribution in [2.45, 2.75) is 20.3 Å². The molecule has 0 atom stereocenters.